The van der Waals surface area contributed by atoms with Gasteiger partial charge in [0.05, 0.1) is 0 Å². The fourth-order valence-corrected chi connectivity index (χ4v) is 2.96. The van der Waals surface area contributed by atoms with Gasteiger partial charge in [0.15, 0.2) is 0 Å². The molecule has 5 heteroatoms. The molecule has 0 aromatic carbocycles. The topological polar surface area (TPSA) is 6.48 Å². The van der Waals surface area contributed by atoms with Crippen LogP contribution in [0.5, 0.6) is 0 Å². The fraction of sp³-hybridized carbons (Fsp3) is 1.00. The number of unbranched alkanes of at least 4 members (excludes halogenated alkanes) is 6. The Morgan fingerprint density at radius 2 is 0.483 bits per heavy atom. The van der Waals surface area contributed by atoms with E-state index in [4.69, 9.17) is 0 Å². The van der Waals surface area contributed by atoms with E-state index in [1.54, 1.807) is 0 Å². The number of hydrogen-bond acceptors (Lipinski definition) is 2. The van der Waals surface area contributed by atoms with E-state index in [0.717, 1.165) is 0 Å². The normalized spacial score (nSPS) is 9.93. The summed E-state index contributed by atoms with van der Waals surface area (Å²) < 4.78 is 0. The standard InChI is InChI=1S/2C12H27N.2BrH.Ni/c2*1-4-7-10-13(11-8-5-2)12-9-6-3;;;/h2*4-12H2,1-3H3;2*1H;/q;;;;+2/p-2. The average molecular weight is 589 g/mol. The largest absolute Gasteiger partial charge is 2.00 e. The molecule has 0 aliphatic carbocycles. The summed E-state index contributed by atoms with van der Waals surface area (Å²) in [4.78, 5) is 5.27. The molecule has 0 heterocycles. The molecule has 0 unspecified atom stereocenters. The van der Waals surface area contributed by atoms with Crippen LogP contribution in [0.1, 0.15) is 119 Å². The van der Waals surface area contributed by atoms with Gasteiger partial charge >= 0.3 is 16.5 Å². The van der Waals surface area contributed by atoms with Crippen LogP contribution in [0.4, 0.5) is 0 Å². The summed E-state index contributed by atoms with van der Waals surface area (Å²) in [5.74, 6) is 0. The molecule has 0 bridgehead atoms. The van der Waals surface area contributed by atoms with Crippen LogP contribution in [0.2, 0.25) is 0 Å². The van der Waals surface area contributed by atoms with Crippen LogP contribution in [0.15, 0.2) is 0 Å². The van der Waals surface area contributed by atoms with Gasteiger partial charge < -0.3 is 43.8 Å². The molecule has 184 valence electrons. The van der Waals surface area contributed by atoms with E-state index in [-0.39, 0.29) is 50.5 Å². The van der Waals surface area contributed by atoms with Crippen molar-refractivity contribution in [1.82, 2.24) is 9.80 Å². The monoisotopic (exact) mass is 586 g/mol. The van der Waals surface area contributed by atoms with E-state index in [1.165, 1.54) is 116 Å². The van der Waals surface area contributed by atoms with Crippen molar-refractivity contribution in [3.63, 3.8) is 0 Å². The van der Waals surface area contributed by atoms with Crippen molar-refractivity contribution in [3.8, 4) is 0 Å². The van der Waals surface area contributed by atoms with E-state index >= 15 is 0 Å². The van der Waals surface area contributed by atoms with Crippen LogP contribution in [0, 0.1) is 0 Å². The Balaban J connectivity index is -0.000000120. The zero-order valence-electron chi connectivity index (χ0n) is 20.7. The van der Waals surface area contributed by atoms with Gasteiger partial charge in [0, 0.05) is 0 Å². The maximum absolute atomic E-state index is 2.64. The van der Waals surface area contributed by atoms with Gasteiger partial charge in [-0.2, -0.15) is 0 Å². The summed E-state index contributed by atoms with van der Waals surface area (Å²) in [6, 6.07) is 0. The number of halogens is 2. The molecule has 0 aliphatic heterocycles. The molecule has 0 rings (SSSR count). The summed E-state index contributed by atoms with van der Waals surface area (Å²) in [5.41, 5.74) is 0. The Morgan fingerprint density at radius 1 is 0.345 bits per heavy atom. The summed E-state index contributed by atoms with van der Waals surface area (Å²) in [7, 11) is 0. The first-order chi connectivity index (χ1) is 12.7. The van der Waals surface area contributed by atoms with Crippen LogP contribution in [-0.2, 0) is 16.5 Å². The van der Waals surface area contributed by atoms with Crippen LogP contribution >= 0.6 is 0 Å². The summed E-state index contributed by atoms with van der Waals surface area (Å²) in [6.07, 6.45) is 16.2. The van der Waals surface area contributed by atoms with E-state index in [9.17, 15) is 0 Å². The molecule has 0 spiro atoms. The van der Waals surface area contributed by atoms with Crippen LogP contribution in [0.25, 0.3) is 0 Å². The fourth-order valence-electron chi connectivity index (χ4n) is 2.96. The van der Waals surface area contributed by atoms with E-state index in [1.807, 2.05) is 0 Å². The molecule has 0 atom stereocenters. The van der Waals surface area contributed by atoms with Gasteiger partial charge in [-0.05, 0) is 77.8 Å². The molecule has 0 aromatic heterocycles. The van der Waals surface area contributed by atoms with Gasteiger partial charge in [0.25, 0.3) is 0 Å². The molecule has 0 fully saturated rings. The van der Waals surface area contributed by atoms with Gasteiger partial charge in [0.1, 0.15) is 0 Å². The van der Waals surface area contributed by atoms with Crippen molar-refractivity contribution >= 4 is 0 Å². The minimum absolute atomic E-state index is 0. The molecule has 0 aromatic rings. The molecule has 0 N–H and O–H groups in total. The Kier molecular flexibility index (Phi) is 51.6. The zero-order valence-corrected chi connectivity index (χ0v) is 24.9. The molecular weight excluding hydrogens is 535 g/mol. The molecule has 0 saturated carbocycles. The first-order valence-corrected chi connectivity index (χ1v) is 12.1. The summed E-state index contributed by atoms with van der Waals surface area (Å²) >= 11 is 0. The van der Waals surface area contributed by atoms with Crippen molar-refractivity contribution in [2.75, 3.05) is 39.3 Å². The molecule has 0 amide bonds. The average Bonchev–Trinajstić information content (AvgIpc) is 2.67. The number of rotatable bonds is 18. The second kappa shape index (κ2) is 36.7. The first kappa shape index (κ1) is 40.7. The summed E-state index contributed by atoms with van der Waals surface area (Å²) in [5, 5.41) is 0. The molecule has 0 saturated heterocycles. The van der Waals surface area contributed by atoms with E-state index in [0.29, 0.717) is 0 Å². The van der Waals surface area contributed by atoms with Gasteiger partial charge in [0.2, 0.25) is 0 Å². The maximum atomic E-state index is 2.64. The van der Waals surface area contributed by atoms with Gasteiger partial charge in [-0.3, -0.25) is 0 Å². The quantitative estimate of drug-likeness (QED) is 0.223. The van der Waals surface area contributed by atoms with Gasteiger partial charge in [-0.25, -0.2) is 0 Å². The zero-order chi connectivity index (χ0) is 19.9. The third-order valence-electron chi connectivity index (χ3n) is 4.97. The Hall–Kier alpha value is 1.37. The van der Waals surface area contributed by atoms with E-state index < -0.39 is 0 Å². The number of nitrogens with zero attached hydrogens (tertiary/aromatic N) is 2. The second-order valence-corrected chi connectivity index (χ2v) is 7.80. The van der Waals surface area contributed by atoms with Crippen LogP contribution in [0.3, 0.4) is 0 Å². The summed E-state index contributed by atoms with van der Waals surface area (Å²) in [6.45, 7) is 21.5. The van der Waals surface area contributed by atoms with Crippen molar-refractivity contribution in [2.24, 2.45) is 0 Å². The Morgan fingerprint density at radius 3 is 0.586 bits per heavy atom. The van der Waals surface area contributed by atoms with Crippen molar-refractivity contribution in [2.45, 2.75) is 119 Å². The van der Waals surface area contributed by atoms with Crippen molar-refractivity contribution in [3.05, 3.63) is 0 Å². The minimum Gasteiger partial charge on any atom is -1.00 e. The van der Waals surface area contributed by atoms with Gasteiger partial charge in [-0.15, -0.1) is 0 Å². The predicted molar refractivity (Wildman–Crippen MR) is 122 cm³/mol. The molecule has 0 aliphatic rings. The molecular formula is C24H54Br2N2Ni. The third kappa shape index (κ3) is 34.2. The van der Waals surface area contributed by atoms with Crippen molar-refractivity contribution < 1.29 is 50.5 Å². The first-order valence-electron chi connectivity index (χ1n) is 12.1. The number of hydrogen-bond donors (Lipinski definition) is 0. The van der Waals surface area contributed by atoms with Crippen molar-refractivity contribution in [1.29, 1.82) is 0 Å². The maximum Gasteiger partial charge on any atom is 2.00 e. The predicted octanol–water partition coefficient (Wildman–Crippen LogP) is 1.38. The molecule has 2 nitrogen and oxygen atoms in total. The smallest absolute Gasteiger partial charge is 1.00 e. The second-order valence-electron chi connectivity index (χ2n) is 7.80. The van der Waals surface area contributed by atoms with Gasteiger partial charge in [-0.1, -0.05) is 80.1 Å². The minimum atomic E-state index is 0. The van der Waals surface area contributed by atoms with Crippen LogP contribution in [-0.4, -0.2) is 49.1 Å². The van der Waals surface area contributed by atoms with Crippen LogP contribution < -0.4 is 34.0 Å². The molecule has 29 heavy (non-hydrogen) atoms. The Bertz CT molecular complexity index is 185. The Labute approximate surface area is 217 Å². The third-order valence-corrected chi connectivity index (χ3v) is 4.97. The van der Waals surface area contributed by atoms with E-state index in [2.05, 4.69) is 51.3 Å². The molecule has 0 radical (unpaired) electrons. The SMILES string of the molecule is CCCCN(CCCC)CCCC.CCCCN(CCCC)CCCC.[Br-].[Br-].[Ni+2].